The number of hydrogen-bond acceptors (Lipinski definition) is 3. The molecule has 0 heterocycles. The molecule has 3 N–H and O–H groups in total. The molecule has 1 aromatic carbocycles. The SMILES string of the molecule is COc1c(CC(C)(C)N)cc(C)c(C)c1O. The second kappa shape index (κ2) is 4.34. The third kappa shape index (κ3) is 2.67. The molecule has 0 spiro atoms. The molecule has 3 heteroatoms. The van der Waals surface area contributed by atoms with E-state index in [1.165, 1.54) is 0 Å². The summed E-state index contributed by atoms with van der Waals surface area (Å²) < 4.78 is 5.25. The van der Waals surface area contributed by atoms with Crippen LogP contribution in [0.25, 0.3) is 0 Å². The predicted octanol–water partition coefficient (Wildman–Crippen LogP) is 2.30. The number of aryl methyl sites for hydroxylation is 1. The summed E-state index contributed by atoms with van der Waals surface area (Å²) in [4.78, 5) is 0. The number of nitrogens with two attached hydrogens (primary N) is 1. The number of methoxy groups -OCH3 is 1. The molecule has 0 saturated carbocycles. The second-order valence-electron chi connectivity index (χ2n) is 5.02. The van der Waals surface area contributed by atoms with Crippen LogP contribution in [0.15, 0.2) is 6.07 Å². The van der Waals surface area contributed by atoms with Gasteiger partial charge in [-0.2, -0.15) is 0 Å². The second-order valence-corrected chi connectivity index (χ2v) is 5.02. The minimum absolute atomic E-state index is 0.224. The summed E-state index contributed by atoms with van der Waals surface area (Å²) in [6.07, 6.45) is 0.671. The Balaban J connectivity index is 3.28. The molecule has 1 aromatic rings. The molecule has 0 bridgehead atoms. The molecule has 0 fully saturated rings. The van der Waals surface area contributed by atoms with E-state index in [0.717, 1.165) is 16.7 Å². The first-order chi connectivity index (χ1) is 7.26. The lowest BCUT2D eigenvalue weighted by Gasteiger charge is -2.22. The maximum atomic E-state index is 9.99. The lowest BCUT2D eigenvalue weighted by molar-refractivity contribution is 0.363. The van der Waals surface area contributed by atoms with E-state index in [-0.39, 0.29) is 11.3 Å². The van der Waals surface area contributed by atoms with Crippen molar-refractivity contribution in [1.82, 2.24) is 0 Å². The van der Waals surface area contributed by atoms with Crippen LogP contribution in [0.1, 0.15) is 30.5 Å². The Labute approximate surface area is 97.2 Å². The number of aromatic hydroxyl groups is 1. The van der Waals surface area contributed by atoms with Crippen LogP contribution in [0.3, 0.4) is 0 Å². The molecule has 0 aliphatic heterocycles. The van der Waals surface area contributed by atoms with Gasteiger partial charge in [-0.1, -0.05) is 6.07 Å². The fourth-order valence-electron chi connectivity index (χ4n) is 1.79. The van der Waals surface area contributed by atoms with Gasteiger partial charge >= 0.3 is 0 Å². The van der Waals surface area contributed by atoms with Crippen molar-refractivity contribution in [2.75, 3.05) is 7.11 Å². The Morgan fingerprint density at radius 1 is 1.38 bits per heavy atom. The molecule has 0 amide bonds. The molecule has 0 aromatic heterocycles. The van der Waals surface area contributed by atoms with Crippen molar-refractivity contribution in [2.45, 2.75) is 39.7 Å². The van der Waals surface area contributed by atoms with Crippen LogP contribution in [0.4, 0.5) is 0 Å². The standard InChI is InChI=1S/C13H21NO2/c1-8-6-10(7-13(3,4)14)12(16-5)11(15)9(8)2/h6,15H,7,14H2,1-5H3. The molecule has 0 unspecified atom stereocenters. The minimum Gasteiger partial charge on any atom is -0.504 e. The molecule has 3 nitrogen and oxygen atoms in total. The van der Waals surface area contributed by atoms with Crippen LogP contribution < -0.4 is 10.5 Å². The fourth-order valence-corrected chi connectivity index (χ4v) is 1.79. The van der Waals surface area contributed by atoms with Gasteiger partial charge in [0.25, 0.3) is 0 Å². The normalized spacial score (nSPS) is 11.6. The summed E-state index contributed by atoms with van der Waals surface area (Å²) in [6, 6.07) is 2.03. The van der Waals surface area contributed by atoms with Gasteiger partial charge in [0.15, 0.2) is 11.5 Å². The van der Waals surface area contributed by atoms with Gasteiger partial charge in [-0.15, -0.1) is 0 Å². The molecule has 0 radical (unpaired) electrons. The molecule has 90 valence electrons. The molecular formula is C13H21NO2. The van der Waals surface area contributed by atoms with Gasteiger partial charge in [0.2, 0.25) is 0 Å². The van der Waals surface area contributed by atoms with Crippen LogP contribution in [0, 0.1) is 13.8 Å². The first-order valence-corrected chi connectivity index (χ1v) is 5.41. The predicted molar refractivity (Wildman–Crippen MR) is 66.1 cm³/mol. The van der Waals surface area contributed by atoms with E-state index >= 15 is 0 Å². The third-order valence-corrected chi connectivity index (χ3v) is 2.69. The monoisotopic (exact) mass is 223 g/mol. The number of benzene rings is 1. The van der Waals surface area contributed by atoms with Gasteiger partial charge in [-0.25, -0.2) is 0 Å². The van der Waals surface area contributed by atoms with E-state index in [4.69, 9.17) is 10.5 Å². The summed E-state index contributed by atoms with van der Waals surface area (Å²) in [5.41, 5.74) is 8.54. The topological polar surface area (TPSA) is 55.5 Å². The summed E-state index contributed by atoms with van der Waals surface area (Å²) in [5.74, 6) is 0.767. The van der Waals surface area contributed by atoms with E-state index in [1.807, 2.05) is 33.8 Å². The quantitative estimate of drug-likeness (QED) is 0.826. The Morgan fingerprint density at radius 3 is 2.38 bits per heavy atom. The van der Waals surface area contributed by atoms with Crippen LogP contribution in [0.2, 0.25) is 0 Å². The summed E-state index contributed by atoms with van der Waals surface area (Å²) >= 11 is 0. The van der Waals surface area contributed by atoms with E-state index in [0.29, 0.717) is 12.2 Å². The lowest BCUT2D eigenvalue weighted by Crippen LogP contribution is -2.34. The van der Waals surface area contributed by atoms with Crippen molar-refractivity contribution in [1.29, 1.82) is 0 Å². The average Bonchev–Trinajstić information content (AvgIpc) is 2.12. The fraction of sp³-hybridized carbons (Fsp3) is 0.538. The first-order valence-electron chi connectivity index (χ1n) is 5.41. The van der Waals surface area contributed by atoms with Crippen LogP contribution in [-0.2, 0) is 6.42 Å². The Kier molecular flexibility index (Phi) is 3.48. The summed E-state index contributed by atoms with van der Waals surface area (Å²) in [5, 5.41) is 9.99. The van der Waals surface area contributed by atoms with Gasteiger partial charge < -0.3 is 15.6 Å². The van der Waals surface area contributed by atoms with Crippen molar-refractivity contribution in [3.8, 4) is 11.5 Å². The number of hydrogen-bond donors (Lipinski definition) is 2. The maximum Gasteiger partial charge on any atom is 0.164 e. The van der Waals surface area contributed by atoms with Gasteiger partial charge in [0.05, 0.1) is 7.11 Å². The molecule has 0 saturated heterocycles. The van der Waals surface area contributed by atoms with Gasteiger partial charge in [-0.3, -0.25) is 0 Å². The van der Waals surface area contributed by atoms with Crippen molar-refractivity contribution >= 4 is 0 Å². The van der Waals surface area contributed by atoms with Crippen LogP contribution >= 0.6 is 0 Å². The highest BCUT2D eigenvalue weighted by Gasteiger charge is 2.19. The zero-order valence-electron chi connectivity index (χ0n) is 10.7. The van der Waals surface area contributed by atoms with E-state index in [1.54, 1.807) is 7.11 Å². The zero-order valence-corrected chi connectivity index (χ0v) is 10.7. The Hall–Kier alpha value is -1.22. The van der Waals surface area contributed by atoms with E-state index in [9.17, 15) is 5.11 Å². The van der Waals surface area contributed by atoms with E-state index in [2.05, 4.69) is 0 Å². The van der Waals surface area contributed by atoms with Gasteiger partial charge in [0, 0.05) is 11.1 Å². The average molecular weight is 223 g/mol. The summed E-state index contributed by atoms with van der Waals surface area (Å²) in [6.45, 7) is 7.77. The van der Waals surface area contributed by atoms with Crippen LogP contribution in [-0.4, -0.2) is 17.8 Å². The number of rotatable bonds is 3. The molecule has 16 heavy (non-hydrogen) atoms. The maximum absolute atomic E-state index is 9.99. The Bertz CT molecular complexity index is 392. The number of phenols is 1. The molecule has 0 aliphatic rings. The van der Waals surface area contributed by atoms with Crippen molar-refractivity contribution in [3.05, 3.63) is 22.8 Å². The smallest absolute Gasteiger partial charge is 0.164 e. The highest BCUT2D eigenvalue weighted by atomic mass is 16.5. The number of ether oxygens (including phenoxy) is 1. The molecule has 0 atom stereocenters. The lowest BCUT2D eigenvalue weighted by atomic mass is 9.92. The molecule has 1 rings (SSSR count). The van der Waals surface area contributed by atoms with Crippen molar-refractivity contribution in [2.24, 2.45) is 5.73 Å². The molecular weight excluding hydrogens is 202 g/mol. The minimum atomic E-state index is -0.318. The van der Waals surface area contributed by atoms with Gasteiger partial charge in [-0.05, 0) is 45.2 Å². The first kappa shape index (κ1) is 12.8. The Morgan fingerprint density at radius 2 is 1.94 bits per heavy atom. The van der Waals surface area contributed by atoms with Crippen LogP contribution in [0.5, 0.6) is 11.5 Å². The zero-order chi connectivity index (χ0) is 12.5. The third-order valence-electron chi connectivity index (χ3n) is 2.69. The number of phenolic OH excluding ortho intramolecular Hbond substituents is 1. The van der Waals surface area contributed by atoms with Crippen molar-refractivity contribution in [3.63, 3.8) is 0 Å². The van der Waals surface area contributed by atoms with Gasteiger partial charge in [0.1, 0.15) is 0 Å². The molecule has 0 aliphatic carbocycles. The van der Waals surface area contributed by atoms with E-state index < -0.39 is 0 Å². The largest absolute Gasteiger partial charge is 0.504 e. The van der Waals surface area contributed by atoms with Crippen molar-refractivity contribution < 1.29 is 9.84 Å². The summed E-state index contributed by atoms with van der Waals surface area (Å²) in [7, 11) is 1.57. The highest BCUT2D eigenvalue weighted by Crippen LogP contribution is 2.36. The highest BCUT2D eigenvalue weighted by molar-refractivity contribution is 5.54.